The number of H-pyrrole nitrogens is 1. The SMILES string of the molecule is Cc1noc(C)c1-c1cc(-c2c(C)noc2C)c2nc(N=N)[nH]c2c1. The number of benzene rings is 1. The molecule has 0 saturated heterocycles. The van der Waals surface area contributed by atoms with Crippen LogP contribution in [-0.2, 0) is 0 Å². The molecule has 0 aliphatic rings. The predicted molar refractivity (Wildman–Crippen MR) is 90.8 cm³/mol. The summed E-state index contributed by atoms with van der Waals surface area (Å²) in [4.78, 5) is 7.48. The number of hydrogen-bond acceptors (Lipinski definition) is 7. The van der Waals surface area contributed by atoms with Crippen LogP contribution >= 0.6 is 0 Å². The van der Waals surface area contributed by atoms with Crippen molar-refractivity contribution in [3.8, 4) is 22.3 Å². The van der Waals surface area contributed by atoms with Gasteiger partial charge in [0.15, 0.2) is 0 Å². The molecule has 0 radical (unpaired) electrons. The minimum atomic E-state index is 0.249. The van der Waals surface area contributed by atoms with Crippen molar-refractivity contribution < 1.29 is 9.05 Å². The van der Waals surface area contributed by atoms with E-state index >= 15 is 0 Å². The monoisotopic (exact) mass is 336 g/mol. The van der Waals surface area contributed by atoms with Crippen molar-refractivity contribution in [3.05, 3.63) is 35.0 Å². The first-order valence-corrected chi connectivity index (χ1v) is 7.77. The lowest BCUT2D eigenvalue weighted by Crippen LogP contribution is -1.89. The molecule has 4 aromatic rings. The molecule has 0 spiro atoms. The molecule has 126 valence electrons. The second-order valence-corrected chi connectivity index (χ2v) is 5.99. The number of rotatable bonds is 3. The van der Waals surface area contributed by atoms with Crippen LogP contribution < -0.4 is 0 Å². The van der Waals surface area contributed by atoms with Crippen molar-refractivity contribution in [2.75, 3.05) is 0 Å². The first-order valence-electron chi connectivity index (χ1n) is 7.77. The summed E-state index contributed by atoms with van der Waals surface area (Å²) in [6.45, 7) is 7.55. The van der Waals surface area contributed by atoms with Crippen molar-refractivity contribution in [3.63, 3.8) is 0 Å². The Morgan fingerprint density at radius 2 is 1.60 bits per heavy atom. The number of imidazole rings is 1. The largest absolute Gasteiger partial charge is 0.361 e. The highest BCUT2D eigenvalue weighted by molar-refractivity contribution is 5.98. The van der Waals surface area contributed by atoms with E-state index in [4.69, 9.17) is 14.6 Å². The quantitative estimate of drug-likeness (QED) is 0.523. The van der Waals surface area contributed by atoms with Gasteiger partial charge in [-0.05, 0) is 45.4 Å². The molecule has 8 heteroatoms. The Morgan fingerprint density at radius 1 is 0.960 bits per heavy atom. The maximum atomic E-state index is 7.24. The van der Waals surface area contributed by atoms with Gasteiger partial charge >= 0.3 is 0 Å². The molecule has 0 unspecified atom stereocenters. The van der Waals surface area contributed by atoms with Crippen LogP contribution in [0.5, 0.6) is 0 Å². The Kier molecular flexibility index (Phi) is 3.28. The van der Waals surface area contributed by atoms with Gasteiger partial charge in [-0.15, -0.1) is 5.11 Å². The molecule has 0 fully saturated rings. The van der Waals surface area contributed by atoms with Crippen LogP contribution in [0.4, 0.5) is 5.95 Å². The number of fused-ring (bicyclic) bond motifs is 1. The molecule has 3 heterocycles. The Morgan fingerprint density at radius 3 is 2.16 bits per heavy atom. The normalized spacial score (nSPS) is 11.4. The maximum Gasteiger partial charge on any atom is 0.247 e. The van der Waals surface area contributed by atoms with Crippen LogP contribution in [0, 0.1) is 33.2 Å². The third-order valence-corrected chi connectivity index (χ3v) is 4.30. The van der Waals surface area contributed by atoms with Gasteiger partial charge in [-0.1, -0.05) is 10.3 Å². The molecule has 2 N–H and O–H groups in total. The van der Waals surface area contributed by atoms with E-state index in [1.165, 1.54) is 0 Å². The van der Waals surface area contributed by atoms with E-state index < -0.39 is 0 Å². The molecule has 3 aromatic heterocycles. The fraction of sp³-hybridized carbons (Fsp3) is 0.235. The van der Waals surface area contributed by atoms with Crippen LogP contribution in [0.2, 0.25) is 0 Å². The average Bonchev–Trinajstić information content (AvgIpc) is 3.24. The molecule has 8 nitrogen and oxygen atoms in total. The highest BCUT2D eigenvalue weighted by Crippen LogP contribution is 2.38. The summed E-state index contributed by atoms with van der Waals surface area (Å²) in [7, 11) is 0. The molecule has 0 saturated carbocycles. The van der Waals surface area contributed by atoms with E-state index in [0.717, 1.165) is 50.4 Å². The summed E-state index contributed by atoms with van der Waals surface area (Å²) < 4.78 is 10.6. The number of nitrogens with one attached hydrogen (secondary N) is 2. The minimum Gasteiger partial charge on any atom is -0.361 e. The fourth-order valence-electron chi connectivity index (χ4n) is 3.26. The Balaban J connectivity index is 2.10. The van der Waals surface area contributed by atoms with Crippen molar-refractivity contribution in [1.82, 2.24) is 20.3 Å². The van der Waals surface area contributed by atoms with Crippen LogP contribution in [0.25, 0.3) is 33.3 Å². The van der Waals surface area contributed by atoms with Gasteiger partial charge in [-0.2, -0.15) is 0 Å². The molecular formula is C17H16N6O2. The molecular weight excluding hydrogens is 320 g/mol. The summed E-state index contributed by atoms with van der Waals surface area (Å²) in [5.74, 6) is 1.70. The van der Waals surface area contributed by atoms with E-state index in [-0.39, 0.29) is 5.95 Å². The molecule has 0 bridgehead atoms. The lowest BCUT2D eigenvalue weighted by atomic mass is 9.96. The summed E-state index contributed by atoms with van der Waals surface area (Å²) in [6.07, 6.45) is 0. The van der Waals surface area contributed by atoms with Gasteiger partial charge in [0.25, 0.3) is 0 Å². The number of nitrogens with zero attached hydrogens (tertiary/aromatic N) is 4. The molecule has 0 aliphatic heterocycles. The third-order valence-electron chi connectivity index (χ3n) is 4.30. The van der Waals surface area contributed by atoms with E-state index in [0.29, 0.717) is 5.76 Å². The second-order valence-electron chi connectivity index (χ2n) is 5.99. The molecule has 1 aromatic carbocycles. The van der Waals surface area contributed by atoms with Crippen molar-refractivity contribution in [2.45, 2.75) is 27.7 Å². The average molecular weight is 336 g/mol. The van der Waals surface area contributed by atoms with Gasteiger partial charge < -0.3 is 14.0 Å². The summed E-state index contributed by atoms with van der Waals surface area (Å²) in [5.41, 5.74) is 14.0. The number of aryl methyl sites for hydroxylation is 4. The van der Waals surface area contributed by atoms with E-state index in [9.17, 15) is 0 Å². The van der Waals surface area contributed by atoms with Crippen molar-refractivity contribution in [2.24, 2.45) is 5.11 Å². The zero-order valence-corrected chi connectivity index (χ0v) is 14.3. The predicted octanol–water partition coefficient (Wildman–Crippen LogP) is 4.77. The zero-order chi connectivity index (χ0) is 17.7. The first-order chi connectivity index (χ1) is 12.0. The van der Waals surface area contributed by atoms with E-state index in [1.807, 2.05) is 39.8 Å². The molecule has 0 amide bonds. The van der Waals surface area contributed by atoms with Crippen molar-refractivity contribution in [1.29, 1.82) is 5.53 Å². The summed E-state index contributed by atoms with van der Waals surface area (Å²) in [6, 6.07) is 3.99. The van der Waals surface area contributed by atoms with Gasteiger partial charge in [0.05, 0.1) is 22.4 Å². The molecule has 4 rings (SSSR count). The second kappa shape index (κ2) is 5.37. The topological polar surface area (TPSA) is 117 Å². The summed E-state index contributed by atoms with van der Waals surface area (Å²) >= 11 is 0. The standard InChI is InChI=1S/C17H16N6O2/c1-7-14(9(3)24-22-7)11-5-12(15-8(2)23-25-10(15)4)16-13(6-11)19-17(20-16)21-18/h5-6,18H,1-4H3,(H,19,20). The lowest BCUT2D eigenvalue weighted by Gasteiger charge is -2.07. The number of aromatic nitrogens is 4. The van der Waals surface area contributed by atoms with Gasteiger partial charge in [0.1, 0.15) is 11.5 Å². The van der Waals surface area contributed by atoms with E-state index in [1.54, 1.807) is 0 Å². The van der Waals surface area contributed by atoms with Crippen LogP contribution in [0.15, 0.2) is 26.3 Å². The zero-order valence-electron chi connectivity index (χ0n) is 14.3. The Labute approximate surface area is 142 Å². The van der Waals surface area contributed by atoms with Crippen LogP contribution in [0.1, 0.15) is 22.9 Å². The minimum absolute atomic E-state index is 0.249. The molecule has 25 heavy (non-hydrogen) atoms. The van der Waals surface area contributed by atoms with Gasteiger partial charge in [0.2, 0.25) is 5.95 Å². The fourth-order valence-corrected chi connectivity index (χ4v) is 3.26. The molecule has 0 atom stereocenters. The van der Waals surface area contributed by atoms with Gasteiger partial charge in [0, 0.05) is 16.7 Å². The number of hydrogen-bond donors (Lipinski definition) is 2. The maximum absolute atomic E-state index is 7.24. The van der Waals surface area contributed by atoms with Gasteiger partial charge in [-0.25, -0.2) is 10.5 Å². The lowest BCUT2D eigenvalue weighted by molar-refractivity contribution is 0.393. The van der Waals surface area contributed by atoms with Crippen LogP contribution in [0.3, 0.4) is 0 Å². The van der Waals surface area contributed by atoms with E-state index in [2.05, 4.69) is 25.4 Å². The smallest absolute Gasteiger partial charge is 0.247 e. The van der Waals surface area contributed by atoms with Crippen LogP contribution in [-0.4, -0.2) is 20.3 Å². The van der Waals surface area contributed by atoms with Gasteiger partial charge in [-0.3, -0.25) is 0 Å². The highest BCUT2D eigenvalue weighted by atomic mass is 16.5. The molecule has 0 aliphatic carbocycles. The highest BCUT2D eigenvalue weighted by Gasteiger charge is 2.20. The Hall–Kier alpha value is -3.29. The Bertz CT molecular complexity index is 1080. The third kappa shape index (κ3) is 2.25. The van der Waals surface area contributed by atoms with Crippen molar-refractivity contribution >= 4 is 17.0 Å². The number of aromatic amines is 1. The summed E-state index contributed by atoms with van der Waals surface area (Å²) in [5, 5.41) is 11.5. The first kappa shape index (κ1) is 15.3.